The molecule has 0 saturated heterocycles. The van der Waals surface area contributed by atoms with E-state index in [2.05, 4.69) is 21.2 Å². The molecule has 10 heteroatoms. The van der Waals surface area contributed by atoms with Crippen LogP contribution in [0.4, 0.5) is 5.69 Å². The summed E-state index contributed by atoms with van der Waals surface area (Å²) in [6, 6.07) is 22.7. The lowest BCUT2D eigenvalue weighted by atomic mass is 10.0. The van der Waals surface area contributed by atoms with Crippen LogP contribution in [0.25, 0.3) is 0 Å². The van der Waals surface area contributed by atoms with Crippen molar-refractivity contribution in [2.75, 3.05) is 23.7 Å². The van der Waals surface area contributed by atoms with Crippen LogP contribution in [0.2, 0.25) is 0 Å². The molecule has 0 radical (unpaired) electrons. The summed E-state index contributed by atoms with van der Waals surface area (Å²) in [5.41, 5.74) is 1.36. The average Bonchev–Trinajstić information content (AvgIpc) is 2.89. The molecule has 0 bridgehead atoms. The van der Waals surface area contributed by atoms with Crippen molar-refractivity contribution in [3.63, 3.8) is 0 Å². The molecule has 1 N–H and O–H groups in total. The lowest BCUT2D eigenvalue weighted by Gasteiger charge is -2.35. The monoisotopic (exact) mass is 643 g/mol. The van der Waals surface area contributed by atoms with E-state index in [1.54, 1.807) is 31.2 Å². The molecule has 0 unspecified atom stereocenters. The zero-order valence-electron chi connectivity index (χ0n) is 24.1. The summed E-state index contributed by atoms with van der Waals surface area (Å²) in [7, 11) is -3.90. The first-order valence-corrected chi connectivity index (χ1v) is 16.0. The van der Waals surface area contributed by atoms with Crippen LogP contribution in [-0.2, 0) is 32.6 Å². The number of anilines is 1. The standard InChI is InChI=1S/C31H38BrN3O5S/c1-6-40-28-18-11-10-17-26(28)35(41(5,38)39)22-29(36)34(21-24-15-12-16-25(32)19-24)27(30(37)33-31(2,3)4)20-23-13-8-7-9-14-23/h7-19,27H,6,20-22H2,1-5H3,(H,33,37)/t27-/m1/s1. The van der Waals surface area contributed by atoms with Crippen molar-refractivity contribution < 1.29 is 22.7 Å². The third-order valence-corrected chi connectivity index (χ3v) is 7.74. The Balaban J connectivity index is 2.10. The number of nitrogens with one attached hydrogen (secondary N) is 1. The van der Waals surface area contributed by atoms with Gasteiger partial charge in [0.25, 0.3) is 0 Å². The number of ether oxygens (including phenoxy) is 1. The summed E-state index contributed by atoms with van der Waals surface area (Å²) in [6.07, 6.45) is 1.30. The van der Waals surface area contributed by atoms with Crippen molar-refractivity contribution in [3.05, 3.63) is 94.5 Å². The predicted octanol–water partition coefficient (Wildman–Crippen LogP) is 5.17. The van der Waals surface area contributed by atoms with Crippen LogP contribution in [0, 0.1) is 0 Å². The fourth-order valence-electron chi connectivity index (χ4n) is 4.37. The number of halogens is 1. The van der Waals surface area contributed by atoms with Gasteiger partial charge in [0.05, 0.1) is 18.6 Å². The topological polar surface area (TPSA) is 96.0 Å². The van der Waals surface area contributed by atoms with E-state index in [1.807, 2.05) is 75.4 Å². The molecule has 220 valence electrons. The van der Waals surface area contributed by atoms with Gasteiger partial charge >= 0.3 is 0 Å². The minimum Gasteiger partial charge on any atom is -0.492 e. The van der Waals surface area contributed by atoms with Gasteiger partial charge in [-0.25, -0.2) is 8.42 Å². The van der Waals surface area contributed by atoms with Crippen LogP contribution in [0.1, 0.15) is 38.8 Å². The first kappa shape index (κ1) is 32.1. The second kappa shape index (κ2) is 14.0. The highest BCUT2D eigenvalue weighted by Gasteiger charge is 2.34. The fraction of sp³-hybridized carbons (Fsp3) is 0.355. The Labute approximate surface area is 251 Å². The summed E-state index contributed by atoms with van der Waals surface area (Å²) in [5, 5.41) is 3.02. The van der Waals surface area contributed by atoms with Crippen LogP contribution in [0.5, 0.6) is 5.75 Å². The molecule has 0 saturated carbocycles. The number of sulfonamides is 1. The Morgan fingerprint density at radius 1 is 0.951 bits per heavy atom. The fourth-order valence-corrected chi connectivity index (χ4v) is 5.67. The summed E-state index contributed by atoms with van der Waals surface area (Å²) in [6.45, 7) is 7.34. The van der Waals surface area contributed by atoms with E-state index in [4.69, 9.17) is 4.74 Å². The Hall–Kier alpha value is -3.37. The zero-order valence-corrected chi connectivity index (χ0v) is 26.5. The van der Waals surface area contributed by atoms with Crippen LogP contribution < -0.4 is 14.4 Å². The molecule has 1 atom stereocenters. The van der Waals surface area contributed by atoms with Gasteiger partial charge in [0.15, 0.2) is 0 Å². The molecule has 0 aromatic heterocycles. The van der Waals surface area contributed by atoms with Crippen LogP contribution in [0.15, 0.2) is 83.3 Å². The molecule has 0 aliphatic carbocycles. The van der Waals surface area contributed by atoms with Gasteiger partial charge in [0, 0.05) is 23.0 Å². The summed E-state index contributed by atoms with van der Waals surface area (Å²) in [4.78, 5) is 29.5. The maximum absolute atomic E-state index is 14.2. The molecule has 0 spiro atoms. The third-order valence-electron chi connectivity index (χ3n) is 6.12. The minimum atomic E-state index is -3.90. The van der Waals surface area contributed by atoms with Gasteiger partial charge in [-0.3, -0.25) is 13.9 Å². The molecule has 3 rings (SSSR count). The van der Waals surface area contributed by atoms with Crippen molar-refractivity contribution in [2.45, 2.75) is 52.2 Å². The normalized spacial score (nSPS) is 12.3. The van der Waals surface area contributed by atoms with Crippen molar-refractivity contribution >= 4 is 43.5 Å². The van der Waals surface area contributed by atoms with Gasteiger partial charge in [0.1, 0.15) is 18.3 Å². The molecular weight excluding hydrogens is 606 g/mol. The van der Waals surface area contributed by atoms with Crippen LogP contribution >= 0.6 is 15.9 Å². The maximum Gasteiger partial charge on any atom is 0.244 e. The Kier molecular flexibility index (Phi) is 11.0. The van der Waals surface area contributed by atoms with Gasteiger partial charge in [-0.15, -0.1) is 0 Å². The molecular formula is C31H38BrN3O5S. The molecule has 8 nitrogen and oxygen atoms in total. The Morgan fingerprint density at radius 2 is 1.59 bits per heavy atom. The number of carbonyl (C=O) groups excluding carboxylic acids is 2. The number of hydrogen-bond acceptors (Lipinski definition) is 5. The molecule has 2 amide bonds. The van der Waals surface area contributed by atoms with Crippen molar-refractivity contribution in [3.8, 4) is 5.75 Å². The van der Waals surface area contributed by atoms with Gasteiger partial charge in [-0.1, -0.05) is 70.5 Å². The molecule has 0 fully saturated rings. The Morgan fingerprint density at radius 3 is 2.20 bits per heavy atom. The van der Waals surface area contributed by atoms with E-state index in [9.17, 15) is 18.0 Å². The lowest BCUT2D eigenvalue weighted by Crippen LogP contribution is -2.56. The molecule has 41 heavy (non-hydrogen) atoms. The van der Waals surface area contributed by atoms with Crippen molar-refractivity contribution in [2.24, 2.45) is 0 Å². The van der Waals surface area contributed by atoms with Crippen LogP contribution in [-0.4, -0.2) is 56.1 Å². The highest BCUT2D eigenvalue weighted by molar-refractivity contribution is 9.10. The molecule has 0 heterocycles. The van der Waals surface area contributed by atoms with Gasteiger partial charge in [0.2, 0.25) is 21.8 Å². The Bertz CT molecular complexity index is 1440. The molecule has 0 aliphatic rings. The van der Waals surface area contributed by atoms with E-state index in [0.717, 1.165) is 26.2 Å². The van der Waals surface area contributed by atoms with Crippen molar-refractivity contribution in [1.29, 1.82) is 0 Å². The van der Waals surface area contributed by atoms with Gasteiger partial charge < -0.3 is 15.0 Å². The summed E-state index contributed by atoms with van der Waals surface area (Å²) >= 11 is 3.48. The quantitative estimate of drug-likeness (QED) is 0.294. The van der Waals surface area contributed by atoms with E-state index in [0.29, 0.717) is 12.4 Å². The summed E-state index contributed by atoms with van der Waals surface area (Å²) in [5.74, 6) is -0.505. The number of amides is 2. The number of nitrogens with zero attached hydrogens (tertiary/aromatic N) is 2. The maximum atomic E-state index is 14.2. The number of para-hydroxylation sites is 2. The number of carbonyl (C=O) groups is 2. The molecule has 0 aliphatic heterocycles. The SMILES string of the molecule is CCOc1ccccc1N(CC(=O)N(Cc1cccc(Br)c1)[C@H](Cc1ccccc1)C(=O)NC(C)(C)C)S(C)(=O)=O. The number of hydrogen-bond donors (Lipinski definition) is 1. The van der Waals surface area contributed by atoms with E-state index < -0.39 is 34.1 Å². The van der Waals surface area contributed by atoms with E-state index in [1.165, 1.54) is 4.90 Å². The third kappa shape index (κ3) is 9.60. The highest BCUT2D eigenvalue weighted by atomic mass is 79.9. The largest absolute Gasteiger partial charge is 0.492 e. The average molecular weight is 645 g/mol. The van der Waals surface area contributed by atoms with Crippen molar-refractivity contribution in [1.82, 2.24) is 10.2 Å². The molecule has 3 aromatic carbocycles. The summed E-state index contributed by atoms with van der Waals surface area (Å²) < 4.78 is 33.6. The zero-order chi connectivity index (χ0) is 30.2. The second-order valence-electron chi connectivity index (χ2n) is 10.8. The second-order valence-corrected chi connectivity index (χ2v) is 13.6. The number of rotatable bonds is 12. The lowest BCUT2D eigenvalue weighted by molar-refractivity contribution is -0.140. The first-order valence-electron chi connectivity index (χ1n) is 13.4. The van der Waals surface area contributed by atoms with Gasteiger partial charge in [-0.05, 0) is 63.1 Å². The minimum absolute atomic E-state index is 0.0953. The first-order chi connectivity index (χ1) is 19.3. The highest BCUT2D eigenvalue weighted by Crippen LogP contribution is 2.30. The number of benzene rings is 3. The van der Waals surface area contributed by atoms with Gasteiger partial charge in [-0.2, -0.15) is 0 Å². The molecule has 3 aromatic rings. The van der Waals surface area contributed by atoms with Crippen LogP contribution in [0.3, 0.4) is 0 Å². The predicted molar refractivity (Wildman–Crippen MR) is 166 cm³/mol. The van der Waals surface area contributed by atoms with E-state index in [-0.39, 0.29) is 24.6 Å². The van der Waals surface area contributed by atoms with E-state index >= 15 is 0 Å². The smallest absolute Gasteiger partial charge is 0.244 e.